The molecule has 2 aliphatic rings. The van der Waals surface area contributed by atoms with Crippen molar-refractivity contribution in [3.63, 3.8) is 0 Å². The summed E-state index contributed by atoms with van der Waals surface area (Å²) in [6.07, 6.45) is -4.39. The van der Waals surface area contributed by atoms with Crippen molar-refractivity contribution in [1.29, 1.82) is 0 Å². The van der Waals surface area contributed by atoms with Gasteiger partial charge in [0.1, 0.15) is 5.69 Å². The smallest absolute Gasteiger partial charge is 0.368 e. The third kappa shape index (κ3) is 6.86. The molecule has 0 spiro atoms. The van der Waals surface area contributed by atoms with Gasteiger partial charge in [0.15, 0.2) is 5.13 Å². The number of aromatic nitrogens is 1. The van der Waals surface area contributed by atoms with E-state index in [1.165, 1.54) is 17.4 Å². The minimum Gasteiger partial charge on any atom is -0.368 e. The number of rotatable bonds is 6. The largest absolute Gasteiger partial charge is 0.416 e. The van der Waals surface area contributed by atoms with E-state index in [9.17, 15) is 22.8 Å². The Morgan fingerprint density at radius 2 is 1.62 bits per heavy atom. The maximum Gasteiger partial charge on any atom is 0.416 e. The molecule has 3 heterocycles. The maximum absolute atomic E-state index is 13.1. The molecule has 0 saturated carbocycles. The molecule has 2 aromatic carbocycles. The van der Waals surface area contributed by atoms with Crippen molar-refractivity contribution in [3.05, 3.63) is 70.2 Å². The fourth-order valence-electron chi connectivity index (χ4n) is 4.77. The molecule has 0 aliphatic carbocycles. The van der Waals surface area contributed by atoms with Crippen LogP contribution in [0.2, 0.25) is 5.02 Å². The van der Waals surface area contributed by atoms with Crippen molar-refractivity contribution in [2.45, 2.75) is 6.18 Å². The molecular formula is C27H28ClF3N6O2S. The Labute approximate surface area is 238 Å². The SMILES string of the molecule is O=C(CN1CCN(C(=O)c2csc(Nc3cccc(Cl)c3)n2)CC1)N1CCN(c2cccc(C(F)(F)F)c2)CC1. The van der Waals surface area contributed by atoms with Crippen molar-refractivity contribution in [2.24, 2.45) is 0 Å². The van der Waals surface area contributed by atoms with Crippen molar-refractivity contribution in [2.75, 3.05) is 69.1 Å². The summed E-state index contributed by atoms with van der Waals surface area (Å²) in [5.41, 5.74) is 0.995. The number of carbonyl (C=O) groups excluding carboxylic acids is 2. The van der Waals surface area contributed by atoms with Crippen molar-refractivity contribution < 1.29 is 22.8 Å². The van der Waals surface area contributed by atoms with Crippen molar-refractivity contribution in [3.8, 4) is 0 Å². The van der Waals surface area contributed by atoms with Crippen LogP contribution in [0, 0.1) is 0 Å². The molecule has 1 aromatic heterocycles. The van der Waals surface area contributed by atoms with Crippen LogP contribution in [-0.4, -0.2) is 90.4 Å². The van der Waals surface area contributed by atoms with Gasteiger partial charge in [0.25, 0.3) is 5.91 Å². The molecule has 0 radical (unpaired) electrons. The van der Waals surface area contributed by atoms with E-state index in [1.807, 2.05) is 21.9 Å². The van der Waals surface area contributed by atoms with E-state index >= 15 is 0 Å². The molecule has 1 N–H and O–H groups in total. The number of piperazine rings is 2. The van der Waals surface area contributed by atoms with Crippen LogP contribution in [-0.2, 0) is 11.0 Å². The van der Waals surface area contributed by atoms with Gasteiger partial charge in [0, 0.05) is 74.1 Å². The van der Waals surface area contributed by atoms with Gasteiger partial charge in [0.2, 0.25) is 5.91 Å². The van der Waals surface area contributed by atoms with Gasteiger partial charge in [0.05, 0.1) is 12.1 Å². The maximum atomic E-state index is 13.1. The molecule has 0 atom stereocenters. The molecule has 8 nitrogen and oxygen atoms in total. The number of thiazole rings is 1. The summed E-state index contributed by atoms with van der Waals surface area (Å²) in [4.78, 5) is 37.7. The van der Waals surface area contributed by atoms with E-state index in [4.69, 9.17) is 11.6 Å². The van der Waals surface area contributed by atoms with Gasteiger partial charge in [-0.3, -0.25) is 14.5 Å². The fraction of sp³-hybridized carbons (Fsp3) is 0.370. The Balaban J connectivity index is 1.07. The number of amides is 2. The second-order valence-corrected chi connectivity index (χ2v) is 11.0. The van der Waals surface area contributed by atoms with E-state index in [0.29, 0.717) is 73.9 Å². The summed E-state index contributed by atoms with van der Waals surface area (Å²) in [7, 11) is 0. The molecule has 2 amide bonds. The lowest BCUT2D eigenvalue weighted by molar-refractivity contribution is -0.137. The minimum atomic E-state index is -4.39. The Bertz CT molecular complexity index is 1350. The molecule has 0 unspecified atom stereocenters. The number of hydrogen-bond acceptors (Lipinski definition) is 7. The zero-order chi connectivity index (χ0) is 28.3. The minimum absolute atomic E-state index is 0.0142. The highest BCUT2D eigenvalue weighted by Gasteiger charge is 2.32. The van der Waals surface area contributed by atoms with Gasteiger partial charge < -0.3 is 20.0 Å². The van der Waals surface area contributed by atoms with E-state index in [2.05, 4.69) is 10.3 Å². The summed E-state index contributed by atoms with van der Waals surface area (Å²) >= 11 is 7.36. The second-order valence-electron chi connectivity index (χ2n) is 9.66. The van der Waals surface area contributed by atoms with Crippen LogP contribution in [0.5, 0.6) is 0 Å². The van der Waals surface area contributed by atoms with Crippen LogP contribution in [0.1, 0.15) is 16.1 Å². The predicted molar refractivity (Wildman–Crippen MR) is 149 cm³/mol. The Morgan fingerprint density at radius 3 is 2.33 bits per heavy atom. The molecule has 5 rings (SSSR count). The summed E-state index contributed by atoms with van der Waals surface area (Å²) in [5.74, 6) is -0.160. The van der Waals surface area contributed by atoms with Crippen LogP contribution in [0.3, 0.4) is 0 Å². The number of alkyl halides is 3. The number of anilines is 3. The molecule has 2 aliphatic heterocycles. The summed E-state index contributed by atoms with van der Waals surface area (Å²) in [6.45, 7) is 4.20. The van der Waals surface area contributed by atoms with Crippen molar-refractivity contribution >= 4 is 51.3 Å². The number of nitrogens with one attached hydrogen (secondary N) is 1. The first kappa shape index (κ1) is 28.2. The number of benzene rings is 2. The quantitative estimate of drug-likeness (QED) is 0.449. The first-order valence-corrected chi connectivity index (χ1v) is 14.1. The van der Waals surface area contributed by atoms with Crippen LogP contribution in [0.4, 0.5) is 29.7 Å². The second kappa shape index (κ2) is 12.0. The van der Waals surface area contributed by atoms with E-state index in [0.717, 1.165) is 17.8 Å². The third-order valence-electron chi connectivity index (χ3n) is 6.99. The van der Waals surface area contributed by atoms with Crippen LogP contribution in [0.15, 0.2) is 53.9 Å². The highest BCUT2D eigenvalue weighted by atomic mass is 35.5. The molecule has 3 aromatic rings. The zero-order valence-corrected chi connectivity index (χ0v) is 23.1. The monoisotopic (exact) mass is 592 g/mol. The molecule has 0 bridgehead atoms. The van der Waals surface area contributed by atoms with E-state index in [-0.39, 0.29) is 18.4 Å². The number of carbonyl (C=O) groups is 2. The zero-order valence-electron chi connectivity index (χ0n) is 21.5. The van der Waals surface area contributed by atoms with Gasteiger partial charge in [-0.25, -0.2) is 4.98 Å². The lowest BCUT2D eigenvalue weighted by Crippen LogP contribution is -2.54. The van der Waals surface area contributed by atoms with Crippen LogP contribution >= 0.6 is 22.9 Å². The average molecular weight is 593 g/mol. The molecule has 13 heteroatoms. The Hall–Kier alpha value is -3.35. The molecule has 40 heavy (non-hydrogen) atoms. The van der Waals surface area contributed by atoms with Gasteiger partial charge in [-0.1, -0.05) is 23.7 Å². The van der Waals surface area contributed by atoms with E-state index in [1.54, 1.807) is 33.4 Å². The number of nitrogens with zero attached hydrogens (tertiary/aromatic N) is 5. The number of halogens is 4. The topological polar surface area (TPSA) is 72.0 Å². The first-order chi connectivity index (χ1) is 19.2. The fourth-order valence-corrected chi connectivity index (χ4v) is 5.67. The third-order valence-corrected chi connectivity index (χ3v) is 7.98. The molecular weight excluding hydrogens is 565 g/mol. The molecule has 2 saturated heterocycles. The lowest BCUT2D eigenvalue weighted by atomic mass is 10.1. The standard InChI is InChI=1S/C27H28ClF3N6O2S/c28-20-4-2-5-21(16-20)32-26-33-23(18-40-26)25(39)37-9-7-34(8-10-37)17-24(38)36-13-11-35(12-14-36)22-6-1-3-19(15-22)27(29,30)31/h1-6,15-16,18H,7-14,17H2,(H,32,33). The highest BCUT2D eigenvalue weighted by molar-refractivity contribution is 7.14. The lowest BCUT2D eigenvalue weighted by Gasteiger charge is -2.38. The Kier molecular flexibility index (Phi) is 8.48. The van der Waals surface area contributed by atoms with Gasteiger partial charge >= 0.3 is 6.18 Å². The summed E-state index contributed by atoms with van der Waals surface area (Å²) in [5, 5.41) is 6.09. The normalized spacial score (nSPS) is 16.8. The average Bonchev–Trinajstić information content (AvgIpc) is 3.41. The van der Waals surface area contributed by atoms with Gasteiger partial charge in [-0.2, -0.15) is 13.2 Å². The summed E-state index contributed by atoms with van der Waals surface area (Å²) < 4.78 is 39.2. The van der Waals surface area contributed by atoms with Crippen LogP contribution < -0.4 is 10.2 Å². The number of hydrogen-bond donors (Lipinski definition) is 1. The predicted octanol–water partition coefficient (Wildman–Crippen LogP) is 4.67. The molecule has 2 fully saturated rings. The summed E-state index contributed by atoms with van der Waals surface area (Å²) in [6, 6.07) is 12.5. The van der Waals surface area contributed by atoms with Crippen molar-refractivity contribution in [1.82, 2.24) is 19.7 Å². The Morgan fingerprint density at radius 1 is 0.925 bits per heavy atom. The van der Waals surface area contributed by atoms with E-state index < -0.39 is 11.7 Å². The molecule has 212 valence electrons. The highest BCUT2D eigenvalue weighted by Crippen LogP contribution is 2.32. The van der Waals surface area contributed by atoms with Gasteiger partial charge in [-0.15, -0.1) is 11.3 Å². The van der Waals surface area contributed by atoms with Gasteiger partial charge in [-0.05, 0) is 36.4 Å². The van der Waals surface area contributed by atoms with Crippen LogP contribution in [0.25, 0.3) is 0 Å². The first-order valence-electron chi connectivity index (χ1n) is 12.9.